The summed E-state index contributed by atoms with van der Waals surface area (Å²) in [4.78, 5) is 0. The molecule has 1 unspecified atom stereocenters. The van der Waals surface area contributed by atoms with E-state index in [1.165, 1.54) is 18.2 Å². The largest absolute Gasteiger partial charge is 0.573 e. The van der Waals surface area contributed by atoms with Crippen LogP contribution >= 0.6 is 15.9 Å². The molecule has 17 heavy (non-hydrogen) atoms. The fraction of sp³-hybridized carbons (Fsp3) is 0.400. The molecular weight excluding hydrogens is 301 g/mol. The molecule has 1 atom stereocenters. The van der Waals surface area contributed by atoms with Crippen molar-refractivity contribution in [1.82, 2.24) is 0 Å². The normalized spacial score (nSPS) is 13.3. The standard InChI is InChI=1S/C10H12BrF3N2O/c1-6(5-15)16-7-2-3-9(8(11)4-7)17-10(12,13)14/h2-4,6,16H,5,15H2,1H3. The maximum atomic E-state index is 12.0. The third kappa shape index (κ3) is 4.82. The average Bonchev–Trinajstić information content (AvgIpc) is 2.20. The van der Waals surface area contributed by atoms with Gasteiger partial charge in [-0.25, -0.2) is 0 Å². The van der Waals surface area contributed by atoms with Crippen molar-refractivity contribution >= 4 is 21.6 Å². The second kappa shape index (κ2) is 5.59. The molecule has 0 spiro atoms. The summed E-state index contributed by atoms with van der Waals surface area (Å²) in [6.07, 6.45) is -4.69. The highest BCUT2D eigenvalue weighted by Crippen LogP contribution is 2.32. The van der Waals surface area contributed by atoms with Crippen LogP contribution in [0.2, 0.25) is 0 Å². The molecule has 7 heteroatoms. The molecule has 0 saturated carbocycles. The highest BCUT2D eigenvalue weighted by Gasteiger charge is 2.31. The van der Waals surface area contributed by atoms with Gasteiger partial charge in [0.2, 0.25) is 0 Å². The molecule has 0 fully saturated rings. The van der Waals surface area contributed by atoms with Gasteiger partial charge in [0.15, 0.2) is 0 Å². The molecule has 1 rings (SSSR count). The quantitative estimate of drug-likeness (QED) is 0.898. The molecule has 0 aliphatic heterocycles. The Kier molecular flexibility index (Phi) is 4.64. The van der Waals surface area contributed by atoms with E-state index in [1.807, 2.05) is 6.92 Å². The molecule has 0 bridgehead atoms. The fourth-order valence-corrected chi connectivity index (χ4v) is 1.60. The Labute approximate surface area is 105 Å². The number of anilines is 1. The second-order valence-electron chi connectivity index (χ2n) is 3.47. The zero-order valence-corrected chi connectivity index (χ0v) is 10.6. The van der Waals surface area contributed by atoms with Crippen molar-refractivity contribution in [3.8, 4) is 5.75 Å². The van der Waals surface area contributed by atoms with E-state index >= 15 is 0 Å². The van der Waals surface area contributed by atoms with Crippen molar-refractivity contribution in [2.75, 3.05) is 11.9 Å². The Morgan fingerprint density at radius 1 is 1.47 bits per heavy atom. The number of nitrogens with two attached hydrogens (primary N) is 1. The van der Waals surface area contributed by atoms with Gasteiger partial charge in [-0.15, -0.1) is 13.2 Å². The smallest absolute Gasteiger partial charge is 0.405 e. The molecule has 0 heterocycles. The van der Waals surface area contributed by atoms with Crippen LogP contribution < -0.4 is 15.8 Å². The van der Waals surface area contributed by atoms with E-state index in [2.05, 4.69) is 26.0 Å². The Morgan fingerprint density at radius 3 is 2.59 bits per heavy atom. The lowest BCUT2D eigenvalue weighted by atomic mass is 10.2. The lowest BCUT2D eigenvalue weighted by Crippen LogP contribution is -2.25. The molecule has 1 aromatic carbocycles. The summed E-state index contributed by atoms with van der Waals surface area (Å²) in [6.45, 7) is 2.30. The van der Waals surface area contributed by atoms with Gasteiger partial charge in [-0.2, -0.15) is 0 Å². The molecule has 0 aliphatic carbocycles. The molecule has 3 N–H and O–H groups in total. The number of halogens is 4. The van der Waals surface area contributed by atoms with E-state index in [1.54, 1.807) is 0 Å². The van der Waals surface area contributed by atoms with Crippen LogP contribution in [0.5, 0.6) is 5.75 Å². The summed E-state index contributed by atoms with van der Waals surface area (Å²) in [5.74, 6) is -0.275. The minimum absolute atomic E-state index is 0.0382. The number of ether oxygens (including phenoxy) is 1. The topological polar surface area (TPSA) is 47.3 Å². The number of nitrogens with one attached hydrogen (secondary N) is 1. The summed E-state index contributed by atoms with van der Waals surface area (Å²) in [5, 5.41) is 3.03. The lowest BCUT2D eigenvalue weighted by Gasteiger charge is -2.15. The predicted octanol–water partition coefficient (Wildman–Crippen LogP) is 3.11. The summed E-state index contributed by atoms with van der Waals surface area (Å²) >= 11 is 3.02. The number of benzene rings is 1. The molecule has 3 nitrogen and oxygen atoms in total. The molecular formula is C10H12BrF3N2O. The van der Waals surface area contributed by atoms with Crippen LogP contribution in [0.4, 0.5) is 18.9 Å². The molecule has 0 saturated heterocycles. The van der Waals surface area contributed by atoms with Gasteiger partial charge < -0.3 is 15.8 Å². The Balaban J connectivity index is 2.79. The first-order valence-electron chi connectivity index (χ1n) is 4.83. The van der Waals surface area contributed by atoms with Crippen LogP contribution in [0.25, 0.3) is 0 Å². The maximum absolute atomic E-state index is 12.0. The Bertz CT molecular complexity index is 384. The van der Waals surface area contributed by atoms with Crippen molar-refractivity contribution in [3.63, 3.8) is 0 Å². The number of rotatable bonds is 4. The van der Waals surface area contributed by atoms with E-state index in [0.29, 0.717) is 12.2 Å². The van der Waals surface area contributed by atoms with Gasteiger partial charge in [0, 0.05) is 18.3 Å². The summed E-state index contributed by atoms with van der Waals surface area (Å²) in [6, 6.07) is 4.28. The van der Waals surface area contributed by atoms with E-state index in [-0.39, 0.29) is 16.3 Å². The zero-order valence-electron chi connectivity index (χ0n) is 9.01. The van der Waals surface area contributed by atoms with E-state index < -0.39 is 6.36 Å². The Hall–Kier alpha value is -0.950. The first-order valence-corrected chi connectivity index (χ1v) is 5.63. The molecule has 96 valence electrons. The molecule has 0 amide bonds. The maximum Gasteiger partial charge on any atom is 0.573 e. The van der Waals surface area contributed by atoms with Crippen LogP contribution in [0, 0.1) is 0 Å². The molecule has 0 aromatic heterocycles. The zero-order chi connectivity index (χ0) is 13.1. The van der Waals surface area contributed by atoms with Crippen molar-refractivity contribution in [3.05, 3.63) is 22.7 Å². The number of hydrogen-bond donors (Lipinski definition) is 2. The van der Waals surface area contributed by atoms with Crippen LogP contribution in [0.3, 0.4) is 0 Å². The minimum atomic E-state index is -4.69. The molecule has 0 aliphatic rings. The lowest BCUT2D eigenvalue weighted by molar-refractivity contribution is -0.274. The van der Waals surface area contributed by atoms with E-state index in [9.17, 15) is 13.2 Å². The van der Waals surface area contributed by atoms with Gasteiger partial charge in [-0.3, -0.25) is 0 Å². The first kappa shape index (κ1) is 14.1. The van der Waals surface area contributed by atoms with Gasteiger partial charge in [0.05, 0.1) is 4.47 Å². The van der Waals surface area contributed by atoms with Gasteiger partial charge in [0.1, 0.15) is 5.75 Å². The van der Waals surface area contributed by atoms with E-state index in [4.69, 9.17) is 5.73 Å². The second-order valence-corrected chi connectivity index (χ2v) is 4.33. The van der Waals surface area contributed by atoms with Crippen LogP contribution in [0.15, 0.2) is 22.7 Å². The highest BCUT2D eigenvalue weighted by atomic mass is 79.9. The third-order valence-corrected chi connectivity index (χ3v) is 2.54. The van der Waals surface area contributed by atoms with Crippen LogP contribution in [0.1, 0.15) is 6.92 Å². The summed E-state index contributed by atoms with van der Waals surface area (Å²) in [5.41, 5.74) is 6.09. The Morgan fingerprint density at radius 2 is 2.12 bits per heavy atom. The summed E-state index contributed by atoms with van der Waals surface area (Å²) in [7, 11) is 0. The van der Waals surface area contributed by atoms with Crippen LogP contribution in [-0.2, 0) is 0 Å². The third-order valence-electron chi connectivity index (χ3n) is 1.92. The number of alkyl halides is 3. The molecule has 0 radical (unpaired) electrons. The highest BCUT2D eigenvalue weighted by molar-refractivity contribution is 9.10. The van der Waals surface area contributed by atoms with Crippen molar-refractivity contribution in [2.45, 2.75) is 19.3 Å². The number of hydrogen-bond acceptors (Lipinski definition) is 3. The van der Waals surface area contributed by atoms with Crippen molar-refractivity contribution in [1.29, 1.82) is 0 Å². The van der Waals surface area contributed by atoms with Gasteiger partial charge in [-0.05, 0) is 41.1 Å². The monoisotopic (exact) mass is 312 g/mol. The summed E-state index contributed by atoms with van der Waals surface area (Å²) < 4.78 is 40.1. The fourth-order valence-electron chi connectivity index (χ4n) is 1.14. The molecule has 1 aromatic rings. The van der Waals surface area contributed by atoms with Gasteiger partial charge in [0.25, 0.3) is 0 Å². The van der Waals surface area contributed by atoms with E-state index in [0.717, 1.165) is 0 Å². The first-order chi connectivity index (χ1) is 7.81. The van der Waals surface area contributed by atoms with Crippen molar-refractivity contribution in [2.24, 2.45) is 5.73 Å². The van der Waals surface area contributed by atoms with Gasteiger partial charge >= 0.3 is 6.36 Å². The van der Waals surface area contributed by atoms with Crippen molar-refractivity contribution < 1.29 is 17.9 Å². The van der Waals surface area contributed by atoms with Crippen LogP contribution in [-0.4, -0.2) is 18.9 Å². The van der Waals surface area contributed by atoms with Gasteiger partial charge in [-0.1, -0.05) is 0 Å². The predicted molar refractivity (Wildman–Crippen MR) is 63.0 cm³/mol. The minimum Gasteiger partial charge on any atom is -0.405 e. The average molecular weight is 313 g/mol. The SMILES string of the molecule is CC(CN)Nc1ccc(OC(F)(F)F)c(Br)c1.